The Bertz CT molecular complexity index is 423. The number of nitrogens with zero attached hydrogens (tertiary/aromatic N) is 1. The molecule has 0 aliphatic heterocycles. The van der Waals surface area contributed by atoms with Crippen LogP contribution in [0.2, 0.25) is 0 Å². The highest BCUT2D eigenvalue weighted by Crippen LogP contribution is 2.16. The van der Waals surface area contributed by atoms with E-state index in [9.17, 15) is 4.79 Å². The number of para-hydroxylation sites is 1. The lowest BCUT2D eigenvalue weighted by Gasteiger charge is -2.20. The summed E-state index contributed by atoms with van der Waals surface area (Å²) in [6, 6.07) is 7.78. The molecule has 0 bridgehead atoms. The van der Waals surface area contributed by atoms with E-state index in [1.807, 2.05) is 38.2 Å². The van der Waals surface area contributed by atoms with Gasteiger partial charge in [-0.1, -0.05) is 25.1 Å². The maximum absolute atomic E-state index is 11.4. The summed E-state index contributed by atoms with van der Waals surface area (Å²) in [4.78, 5) is 13.5. The highest BCUT2D eigenvalue weighted by molar-refractivity contribution is 5.78. The quantitative estimate of drug-likeness (QED) is 0.740. The first-order valence-corrected chi connectivity index (χ1v) is 6.89. The molecule has 5 heteroatoms. The Morgan fingerprint density at radius 3 is 2.80 bits per heavy atom. The normalized spacial score (nSPS) is 12.2. The van der Waals surface area contributed by atoms with Gasteiger partial charge in [-0.15, -0.1) is 0 Å². The lowest BCUT2D eigenvalue weighted by atomic mass is 10.1. The fourth-order valence-corrected chi connectivity index (χ4v) is 2.01. The Kier molecular flexibility index (Phi) is 7.04. The summed E-state index contributed by atoms with van der Waals surface area (Å²) in [7, 11) is 3.64. The van der Waals surface area contributed by atoms with E-state index in [0.717, 1.165) is 17.9 Å². The molecule has 0 radical (unpaired) electrons. The van der Waals surface area contributed by atoms with Crippen LogP contribution in [0.4, 0.5) is 0 Å². The minimum atomic E-state index is -0.0265. The minimum absolute atomic E-state index is 0.0265. The Morgan fingerprint density at radius 2 is 2.15 bits per heavy atom. The third-order valence-corrected chi connectivity index (χ3v) is 3.20. The number of ether oxygens (including phenoxy) is 1. The van der Waals surface area contributed by atoms with Crippen LogP contribution in [-0.4, -0.2) is 44.6 Å². The summed E-state index contributed by atoms with van der Waals surface area (Å²) in [6.45, 7) is 4.44. The smallest absolute Gasteiger partial charge is 0.223 e. The number of benzene rings is 1. The van der Waals surface area contributed by atoms with Crippen molar-refractivity contribution in [3.8, 4) is 5.75 Å². The van der Waals surface area contributed by atoms with Crippen LogP contribution in [0.3, 0.4) is 0 Å². The molecule has 0 saturated carbocycles. The lowest BCUT2D eigenvalue weighted by molar-refractivity contribution is -0.124. The Morgan fingerprint density at radius 1 is 1.45 bits per heavy atom. The average molecular weight is 279 g/mol. The van der Waals surface area contributed by atoms with Gasteiger partial charge >= 0.3 is 0 Å². The number of carbonyl (C=O) groups is 1. The number of nitrogens with one attached hydrogen (secondary N) is 1. The number of carbonyl (C=O) groups excluding carboxylic acids is 1. The first-order valence-electron chi connectivity index (χ1n) is 6.89. The van der Waals surface area contributed by atoms with Crippen molar-refractivity contribution < 1.29 is 9.53 Å². The fraction of sp³-hybridized carbons (Fsp3) is 0.533. The van der Waals surface area contributed by atoms with Gasteiger partial charge < -0.3 is 20.7 Å². The van der Waals surface area contributed by atoms with Crippen LogP contribution in [0.1, 0.15) is 12.5 Å². The van der Waals surface area contributed by atoms with Gasteiger partial charge in [-0.05, 0) is 13.1 Å². The van der Waals surface area contributed by atoms with Gasteiger partial charge in [-0.25, -0.2) is 0 Å². The molecule has 0 aliphatic carbocycles. The van der Waals surface area contributed by atoms with E-state index < -0.39 is 0 Å². The summed E-state index contributed by atoms with van der Waals surface area (Å²) in [5.74, 6) is 0.871. The standard InChI is InChI=1S/C15H25N3O2/c1-12(15(19)17-2)11-18(3)8-9-20-14-7-5-4-6-13(14)10-16/h4-7,12H,8-11,16H2,1-3H3,(H,17,19). The largest absolute Gasteiger partial charge is 0.492 e. The highest BCUT2D eigenvalue weighted by Gasteiger charge is 2.13. The van der Waals surface area contributed by atoms with Crippen molar-refractivity contribution in [3.63, 3.8) is 0 Å². The van der Waals surface area contributed by atoms with E-state index in [2.05, 4.69) is 10.2 Å². The van der Waals surface area contributed by atoms with Crippen LogP contribution in [0.5, 0.6) is 5.75 Å². The van der Waals surface area contributed by atoms with Gasteiger partial charge in [0.1, 0.15) is 12.4 Å². The molecule has 0 heterocycles. The summed E-state index contributed by atoms with van der Waals surface area (Å²) >= 11 is 0. The van der Waals surface area contributed by atoms with Gasteiger partial charge in [0.2, 0.25) is 5.91 Å². The maximum atomic E-state index is 11.4. The summed E-state index contributed by atoms with van der Waals surface area (Å²) in [6.07, 6.45) is 0. The van der Waals surface area contributed by atoms with Crippen molar-refractivity contribution in [2.24, 2.45) is 11.7 Å². The third-order valence-electron chi connectivity index (χ3n) is 3.20. The van der Waals surface area contributed by atoms with Gasteiger partial charge in [0.15, 0.2) is 0 Å². The van der Waals surface area contributed by atoms with Crippen molar-refractivity contribution in [1.29, 1.82) is 0 Å². The van der Waals surface area contributed by atoms with Crippen LogP contribution in [0, 0.1) is 5.92 Å². The second-order valence-electron chi connectivity index (χ2n) is 4.94. The zero-order valence-corrected chi connectivity index (χ0v) is 12.6. The summed E-state index contributed by atoms with van der Waals surface area (Å²) in [5, 5.41) is 2.66. The molecule has 1 aromatic carbocycles. The Balaban J connectivity index is 2.35. The molecule has 1 atom stereocenters. The molecule has 1 aromatic rings. The third kappa shape index (κ3) is 5.19. The molecule has 0 saturated heterocycles. The van der Waals surface area contributed by atoms with Gasteiger partial charge in [-0.2, -0.15) is 0 Å². The van der Waals surface area contributed by atoms with Crippen LogP contribution >= 0.6 is 0 Å². The van der Waals surface area contributed by atoms with Crippen molar-refractivity contribution in [2.45, 2.75) is 13.5 Å². The predicted octanol–water partition coefficient (Wildman–Crippen LogP) is 0.838. The fourth-order valence-electron chi connectivity index (χ4n) is 2.01. The van der Waals surface area contributed by atoms with Crippen LogP contribution in [0.15, 0.2) is 24.3 Å². The number of likely N-dealkylation sites (N-methyl/N-ethyl adjacent to an activating group) is 1. The molecule has 1 amide bonds. The monoisotopic (exact) mass is 279 g/mol. The van der Waals surface area contributed by atoms with Crippen LogP contribution in [-0.2, 0) is 11.3 Å². The number of amides is 1. The van der Waals surface area contributed by atoms with Gasteiger partial charge in [0, 0.05) is 38.2 Å². The highest BCUT2D eigenvalue weighted by atomic mass is 16.5. The van der Waals surface area contributed by atoms with Gasteiger partial charge in [0.25, 0.3) is 0 Å². The number of hydrogen-bond acceptors (Lipinski definition) is 4. The van der Waals surface area contributed by atoms with E-state index in [0.29, 0.717) is 19.7 Å². The topological polar surface area (TPSA) is 67.6 Å². The first kappa shape index (κ1) is 16.5. The molecule has 112 valence electrons. The molecule has 0 aliphatic rings. The second-order valence-corrected chi connectivity index (χ2v) is 4.94. The average Bonchev–Trinajstić information content (AvgIpc) is 2.46. The van der Waals surface area contributed by atoms with E-state index in [4.69, 9.17) is 10.5 Å². The molecule has 3 N–H and O–H groups in total. The Hall–Kier alpha value is -1.59. The minimum Gasteiger partial charge on any atom is -0.492 e. The maximum Gasteiger partial charge on any atom is 0.223 e. The molecule has 20 heavy (non-hydrogen) atoms. The van der Waals surface area contributed by atoms with Gasteiger partial charge in [0.05, 0.1) is 0 Å². The molecule has 1 unspecified atom stereocenters. The first-order chi connectivity index (χ1) is 9.58. The van der Waals surface area contributed by atoms with Gasteiger partial charge in [-0.3, -0.25) is 4.79 Å². The zero-order chi connectivity index (χ0) is 15.0. The SMILES string of the molecule is CNC(=O)C(C)CN(C)CCOc1ccccc1CN. The van der Waals surface area contributed by atoms with Crippen LogP contribution in [0.25, 0.3) is 0 Å². The molecule has 0 spiro atoms. The van der Waals surface area contributed by atoms with E-state index in [1.54, 1.807) is 7.05 Å². The van der Waals surface area contributed by atoms with Crippen molar-refractivity contribution in [1.82, 2.24) is 10.2 Å². The van der Waals surface area contributed by atoms with Crippen LogP contribution < -0.4 is 15.8 Å². The second kappa shape index (κ2) is 8.55. The zero-order valence-electron chi connectivity index (χ0n) is 12.6. The molecule has 0 fully saturated rings. The van der Waals surface area contributed by atoms with Crippen molar-refractivity contribution in [2.75, 3.05) is 33.8 Å². The van der Waals surface area contributed by atoms with Crippen molar-refractivity contribution in [3.05, 3.63) is 29.8 Å². The van der Waals surface area contributed by atoms with E-state index in [1.165, 1.54) is 0 Å². The lowest BCUT2D eigenvalue weighted by Crippen LogP contribution is -2.36. The molecular weight excluding hydrogens is 254 g/mol. The molecule has 1 rings (SSSR count). The Labute approximate surface area is 121 Å². The van der Waals surface area contributed by atoms with E-state index >= 15 is 0 Å². The molecule has 0 aromatic heterocycles. The predicted molar refractivity (Wildman–Crippen MR) is 80.6 cm³/mol. The summed E-state index contributed by atoms with van der Waals surface area (Å²) in [5.41, 5.74) is 6.67. The summed E-state index contributed by atoms with van der Waals surface area (Å²) < 4.78 is 5.74. The number of rotatable bonds is 8. The van der Waals surface area contributed by atoms with Crippen molar-refractivity contribution >= 4 is 5.91 Å². The number of nitrogens with two attached hydrogens (primary N) is 1. The molecular formula is C15H25N3O2. The molecule has 5 nitrogen and oxygen atoms in total. The van der Waals surface area contributed by atoms with E-state index in [-0.39, 0.29) is 11.8 Å². The number of hydrogen-bond donors (Lipinski definition) is 2.